The van der Waals surface area contributed by atoms with E-state index in [-0.39, 0.29) is 17.4 Å². The van der Waals surface area contributed by atoms with Gasteiger partial charge in [-0.25, -0.2) is 4.98 Å². The molecule has 1 aliphatic rings. The smallest absolute Gasteiger partial charge is 0.260 e. The van der Waals surface area contributed by atoms with Crippen molar-refractivity contribution >= 4 is 29.0 Å². The van der Waals surface area contributed by atoms with Crippen molar-refractivity contribution in [2.24, 2.45) is 0 Å². The monoisotopic (exact) mass is 502 g/mol. The Balaban J connectivity index is 1.61. The van der Waals surface area contributed by atoms with Crippen molar-refractivity contribution in [1.82, 2.24) is 25.2 Å². The quantitative estimate of drug-likeness (QED) is 0.444. The summed E-state index contributed by atoms with van der Waals surface area (Å²) in [6, 6.07) is 11.0. The third kappa shape index (κ3) is 6.70. The molecule has 0 unspecified atom stereocenters. The second kappa shape index (κ2) is 10.9. The zero-order valence-electron chi connectivity index (χ0n) is 23.1. The number of quaternary nitrogens is 1. The van der Waals surface area contributed by atoms with Gasteiger partial charge in [0, 0.05) is 54.6 Å². The van der Waals surface area contributed by atoms with Gasteiger partial charge in [0.05, 0.1) is 11.9 Å². The number of pyridine rings is 1. The van der Waals surface area contributed by atoms with Crippen LogP contribution in [-0.2, 0) is 18.4 Å². The lowest BCUT2D eigenvalue weighted by Gasteiger charge is -2.32. The highest BCUT2D eigenvalue weighted by Crippen LogP contribution is 2.26. The SMILES string of the molecule is CC(C)NC(=O)c1cnc(Nc2ccc3c(c2)CCN(C(C)C)C3)nc1[NH2+]c1ccnc(C(C)(C)C)c1. The van der Waals surface area contributed by atoms with Crippen LogP contribution in [0.4, 0.5) is 23.1 Å². The van der Waals surface area contributed by atoms with E-state index in [0.29, 0.717) is 23.4 Å². The van der Waals surface area contributed by atoms with Gasteiger partial charge >= 0.3 is 0 Å². The van der Waals surface area contributed by atoms with Gasteiger partial charge in [-0.1, -0.05) is 26.8 Å². The van der Waals surface area contributed by atoms with Crippen molar-refractivity contribution in [3.05, 3.63) is 65.1 Å². The van der Waals surface area contributed by atoms with Crippen LogP contribution in [0.3, 0.4) is 0 Å². The van der Waals surface area contributed by atoms with Gasteiger partial charge < -0.3 is 10.6 Å². The molecule has 4 N–H and O–H groups in total. The molecule has 37 heavy (non-hydrogen) atoms. The Kier molecular flexibility index (Phi) is 7.90. The minimum Gasteiger partial charge on any atom is -0.350 e. The fourth-order valence-corrected chi connectivity index (χ4v) is 4.41. The van der Waals surface area contributed by atoms with Crippen molar-refractivity contribution in [2.45, 2.75) is 78.9 Å². The molecule has 4 rings (SSSR count). The maximum atomic E-state index is 12.9. The van der Waals surface area contributed by atoms with Gasteiger partial charge in [-0.3, -0.25) is 20.0 Å². The molecule has 0 aliphatic carbocycles. The molecule has 196 valence electrons. The molecule has 3 heterocycles. The summed E-state index contributed by atoms with van der Waals surface area (Å²) in [5.41, 5.74) is 5.94. The average Bonchev–Trinajstić information content (AvgIpc) is 2.83. The molecule has 2 aromatic heterocycles. The summed E-state index contributed by atoms with van der Waals surface area (Å²) in [6.45, 7) is 16.8. The maximum Gasteiger partial charge on any atom is 0.260 e. The summed E-state index contributed by atoms with van der Waals surface area (Å²) < 4.78 is 0. The summed E-state index contributed by atoms with van der Waals surface area (Å²) in [5.74, 6) is 0.825. The van der Waals surface area contributed by atoms with Crippen LogP contribution >= 0.6 is 0 Å². The minimum atomic E-state index is -0.193. The molecule has 0 saturated carbocycles. The number of fused-ring (bicyclic) bond motifs is 1. The van der Waals surface area contributed by atoms with Gasteiger partial charge in [0.25, 0.3) is 5.91 Å². The zero-order valence-corrected chi connectivity index (χ0v) is 23.1. The van der Waals surface area contributed by atoms with Crippen LogP contribution in [0.5, 0.6) is 0 Å². The van der Waals surface area contributed by atoms with E-state index in [4.69, 9.17) is 4.98 Å². The Hall–Kier alpha value is -3.36. The van der Waals surface area contributed by atoms with E-state index >= 15 is 0 Å². The summed E-state index contributed by atoms with van der Waals surface area (Å²) >= 11 is 0. The number of amides is 1. The van der Waals surface area contributed by atoms with Crippen molar-refractivity contribution in [3.8, 4) is 0 Å². The first-order valence-corrected chi connectivity index (χ1v) is 13.1. The largest absolute Gasteiger partial charge is 0.350 e. The van der Waals surface area contributed by atoms with E-state index in [1.54, 1.807) is 12.4 Å². The number of nitrogens with zero attached hydrogens (tertiary/aromatic N) is 4. The van der Waals surface area contributed by atoms with Gasteiger partial charge in [-0.2, -0.15) is 4.98 Å². The number of hydrogen-bond donors (Lipinski definition) is 3. The molecule has 8 heteroatoms. The topological polar surface area (TPSA) is 99.7 Å². The number of rotatable bonds is 7. The summed E-state index contributed by atoms with van der Waals surface area (Å²) in [4.78, 5) is 29.2. The number of nitrogens with one attached hydrogen (secondary N) is 2. The molecule has 0 atom stereocenters. The molecule has 0 radical (unpaired) electrons. The number of hydrogen-bond acceptors (Lipinski definition) is 6. The number of nitrogens with two attached hydrogens (primary N) is 1. The molecule has 1 amide bonds. The summed E-state index contributed by atoms with van der Waals surface area (Å²) in [5, 5.41) is 8.24. The zero-order chi connectivity index (χ0) is 26.7. The van der Waals surface area contributed by atoms with Gasteiger partial charge in [0.2, 0.25) is 11.8 Å². The fourth-order valence-electron chi connectivity index (χ4n) is 4.41. The lowest BCUT2D eigenvalue weighted by atomic mass is 9.91. The Morgan fingerprint density at radius 3 is 2.54 bits per heavy atom. The summed E-state index contributed by atoms with van der Waals surface area (Å²) in [7, 11) is 0. The van der Waals surface area contributed by atoms with Crippen LogP contribution in [0.25, 0.3) is 0 Å². The predicted molar refractivity (Wildman–Crippen MR) is 148 cm³/mol. The van der Waals surface area contributed by atoms with E-state index in [2.05, 4.69) is 78.3 Å². The van der Waals surface area contributed by atoms with Crippen LogP contribution in [0.15, 0.2) is 42.7 Å². The molecule has 1 aromatic carbocycles. The maximum absolute atomic E-state index is 12.9. The third-order valence-corrected chi connectivity index (χ3v) is 6.57. The second-order valence-electron chi connectivity index (χ2n) is 11.4. The molecular weight excluding hydrogens is 462 g/mol. The number of carbonyl (C=O) groups excluding carboxylic acids is 1. The standard InChI is InChI=1S/C29H39N7O/c1-18(2)32-27(37)24-16-31-28(35-26(24)33-23-10-12-30-25(15-23)29(5,6)7)34-22-9-8-21-17-36(19(3)4)13-11-20(21)14-22/h8-10,12,14-16,18-19H,11,13,17H2,1-7H3,(H,32,37)(H2,30,31,33,34,35)/p+1. The molecule has 0 spiro atoms. The number of aromatic nitrogens is 3. The van der Waals surface area contributed by atoms with E-state index < -0.39 is 0 Å². The van der Waals surface area contributed by atoms with Crippen LogP contribution in [-0.4, -0.2) is 44.4 Å². The van der Waals surface area contributed by atoms with E-state index in [1.165, 1.54) is 11.1 Å². The Morgan fingerprint density at radius 1 is 1.05 bits per heavy atom. The Bertz CT molecular complexity index is 1260. The number of carbonyl (C=O) groups is 1. The molecule has 3 aromatic rings. The molecule has 0 saturated heterocycles. The fraction of sp³-hybridized carbons (Fsp3) is 0.448. The lowest BCUT2D eigenvalue weighted by Crippen LogP contribution is -2.72. The van der Waals surface area contributed by atoms with Gasteiger partial charge in [-0.15, -0.1) is 0 Å². The van der Waals surface area contributed by atoms with Crippen LogP contribution in [0.2, 0.25) is 0 Å². The predicted octanol–water partition coefficient (Wildman–Crippen LogP) is 4.34. The van der Waals surface area contributed by atoms with Gasteiger partial charge in [-0.05, 0) is 57.4 Å². The highest BCUT2D eigenvalue weighted by molar-refractivity contribution is 5.97. The number of anilines is 2. The highest BCUT2D eigenvalue weighted by atomic mass is 16.1. The Morgan fingerprint density at radius 2 is 1.84 bits per heavy atom. The first-order chi connectivity index (χ1) is 17.5. The first-order valence-electron chi connectivity index (χ1n) is 13.1. The van der Waals surface area contributed by atoms with Crippen molar-refractivity contribution in [2.75, 3.05) is 11.9 Å². The van der Waals surface area contributed by atoms with Gasteiger partial charge in [0.1, 0.15) is 11.3 Å². The normalized spacial score (nSPS) is 14.1. The molecule has 0 fully saturated rings. The van der Waals surface area contributed by atoms with Gasteiger partial charge in [0.15, 0.2) is 0 Å². The van der Waals surface area contributed by atoms with E-state index in [9.17, 15) is 4.79 Å². The van der Waals surface area contributed by atoms with Crippen LogP contribution < -0.4 is 16.0 Å². The highest BCUT2D eigenvalue weighted by Gasteiger charge is 2.23. The van der Waals surface area contributed by atoms with E-state index in [0.717, 1.165) is 36.6 Å². The van der Waals surface area contributed by atoms with Crippen LogP contribution in [0.1, 0.15) is 75.6 Å². The number of benzene rings is 1. The van der Waals surface area contributed by atoms with E-state index in [1.807, 2.05) is 31.3 Å². The summed E-state index contributed by atoms with van der Waals surface area (Å²) in [6.07, 6.45) is 4.42. The third-order valence-electron chi connectivity index (χ3n) is 6.57. The lowest BCUT2D eigenvalue weighted by molar-refractivity contribution is -0.483. The average molecular weight is 503 g/mol. The Labute approximate surface area is 220 Å². The van der Waals surface area contributed by atoms with Crippen molar-refractivity contribution in [1.29, 1.82) is 0 Å². The molecule has 8 nitrogen and oxygen atoms in total. The first kappa shape index (κ1) is 26.7. The molecule has 1 aliphatic heterocycles. The van der Waals surface area contributed by atoms with Crippen molar-refractivity contribution < 1.29 is 10.1 Å². The van der Waals surface area contributed by atoms with Crippen LogP contribution in [0, 0.1) is 0 Å². The van der Waals surface area contributed by atoms with Crippen molar-refractivity contribution in [3.63, 3.8) is 0 Å². The second-order valence-corrected chi connectivity index (χ2v) is 11.4. The molecule has 0 bridgehead atoms. The minimum absolute atomic E-state index is 0.00804. The molecular formula is C29H40N7O+.